The van der Waals surface area contributed by atoms with Crippen LogP contribution in [0, 0.1) is 0 Å². The molecule has 3 aromatic rings. The summed E-state index contributed by atoms with van der Waals surface area (Å²) in [6.45, 7) is 1.92. The van der Waals surface area contributed by atoms with Crippen LogP contribution in [-0.4, -0.2) is 47.6 Å². The summed E-state index contributed by atoms with van der Waals surface area (Å²) < 4.78 is 33.4. The first kappa shape index (κ1) is 23.6. The number of hydrogen-bond donors (Lipinski definition) is 1. The molecule has 0 aromatic heterocycles. The Labute approximate surface area is 201 Å². The normalized spacial score (nSPS) is 12.8. The number of sulfonamides is 1. The fourth-order valence-corrected chi connectivity index (χ4v) is 5.63. The number of fused-ring (bicyclic) bond motifs is 1. The summed E-state index contributed by atoms with van der Waals surface area (Å²) in [6.07, 6.45) is 1.80. The van der Waals surface area contributed by atoms with Gasteiger partial charge in [-0.25, -0.2) is 8.42 Å². The number of benzene rings is 3. The number of hydrogen-bond acceptors (Lipinski definition) is 5. The van der Waals surface area contributed by atoms with E-state index in [9.17, 15) is 13.2 Å². The van der Waals surface area contributed by atoms with Crippen LogP contribution < -0.4 is 19.3 Å². The molecule has 3 aromatic carbocycles. The first-order valence-electron chi connectivity index (χ1n) is 11.3. The number of ether oxygens (including phenoxy) is 1. The van der Waals surface area contributed by atoms with Crippen molar-refractivity contribution in [2.45, 2.75) is 17.7 Å². The van der Waals surface area contributed by atoms with Crippen molar-refractivity contribution in [1.29, 1.82) is 0 Å². The second-order valence-electron chi connectivity index (χ2n) is 8.07. The van der Waals surface area contributed by atoms with Crippen LogP contribution in [0.5, 0.6) is 5.75 Å². The van der Waals surface area contributed by atoms with Gasteiger partial charge in [0.25, 0.3) is 10.0 Å². The Morgan fingerprint density at radius 2 is 1.71 bits per heavy atom. The summed E-state index contributed by atoms with van der Waals surface area (Å²) >= 11 is 0. The predicted molar refractivity (Wildman–Crippen MR) is 134 cm³/mol. The maximum atomic E-state index is 13.4. The van der Waals surface area contributed by atoms with Gasteiger partial charge >= 0.3 is 0 Å². The van der Waals surface area contributed by atoms with Gasteiger partial charge < -0.3 is 15.0 Å². The maximum absolute atomic E-state index is 13.4. The molecule has 0 fully saturated rings. The predicted octanol–water partition coefficient (Wildman–Crippen LogP) is 3.46. The third-order valence-electron chi connectivity index (χ3n) is 5.88. The quantitative estimate of drug-likeness (QED) is 0.451. The number of para-hydroxylation sites is 3. The lowest BCUT2D eigenvalue weighted by Gasteiger charge is -2.25. The molecule has 4 rings (SSSR count). The van der Waals surface area contributed by atoms with Gasteiger partial charge in [-0.05, 0) is 48.7 Å². The lowest BCUT2D eigenvalue weighted by molar-refractivity contribution is -0.119. The Hall–Kier alpha value is -3.52. The molecule has 7 nitrogen and oxygen atoms in total. The highest BCUT2D eigenvalue weighted by atomic mass is 32.2. The molecule has 178 valence electrons. The zero-order chi connectivity index (χ0) is 24.0. The number of carbonyl (C=O) groups is 1. The second kappa shape index (κ2) is 10.6. The second-order valence-corrected chi connectivity index (χ2v) is 9.93. The summed E-state index contributed by atoms with van der Waals surface area (Å²) in [5.41, 5.74) is 2.92. The van der Waals surface area contributed by atoms with Crippen molar-refractivity contribution in [2.24, 2.45) is 0 Å². The molecule has 34 heavy (non-hydrogen) atoms. The molecule has 1 heterocycles. The van der Waals surface area contributed by atoms with Gasteiger partial charge in [-0.2, -0.15) is 0 Å². The minimum Gasteiger partial charge on any atom is -0.495 e. The highest BCUT2D eigenvalue weighted by molar-refractivity contribution is 7.92. The maximum Gasteiger partial charge on any atom is 0.264 e. The third-order valence-corrected chi connectivity index (χ3v) is 7.66. The van der Waals surface area contributed by atoms with Crippen LogP contribution in [0.1, 0.15) is 12.0 Å². The average Bonchev–Trinajstić information content (AvgIpc) is 3.28. The van der Waals surface area contributed by atoms with Gasteiger partial charge in [-0.15, -0.1) is 0 Å². The molecule has 0 aliphatic carbocycles. The van der Waals surface area contributed by atoms with Gasteiger partial charge in [0, 0.05) is 25.3 Å². The van der Waals surface area contributed by atoms with Gasteiger partial charge in [0.1, 0.15) is 12.3 Å². The zero-order valence-corrected chi connectivity index (χ0v) is 20.0. The topological polar surface area (TPSA) is 79.0 Å². The van der Waals surface area contributed by atoms with Crippen LogP contribution in [0.2, 0.25) is 0 Å². The van der Waals surface area contributed by atoms with Crippen molar-refractivity contribution in [3.63, 3.8) is 0 Å². The largest absolute Gasteiger partial charge is 0.495 e. The fourth-order valence-electron chi connectivity index (χ4n) is 4.18. The Kier molecular flexibility index (Phi) is 7.37. The summed E-state index contributed by atoms with van der Waals surface area (Å²) in [6, 6.07) is 23.3. The highest BCUT2D eigenvalue weighted by Gasteiger charge is 2.29. The lowest BCUT2D eigenvalue weighted by atomic mass is 10.2. The Morgan fingerprint density at radius 3 is 2.50 bits per heavy atom. The summed E-state index contributed by atoms with van der Waals surface area (Å²) in [5, 5.41) is 2.88. The van der Waals surface area contributed by atoms with E-state index in [0.29, 0.717) is 18.0 Å². The minimum absolute atomic E-state index is 0.112. The van der Waals surface area contributed by atoms with E-state index in [-0.39, 0.29) is 17.3 Å². The van der Waals surface area contributed by atoms with E-state index in [4.69, 9.17) is 4.74 Å². The van der Waals surface area contributed by atoms with E-state index in [0.717, 1.165) is 30.2 Å². The number of carbonyl (C=O) groups excluding carboxylic acids is 1. The standard InChI is InChI=1S/C26H29N3O4S/c1-33-25-15-8-7-14-24(25)29(34(31,32)22-11-3-2-4-12-22)20-26(30)27-17-9-18-28-19-16-21-10-5-6-13-23(21)28/h2-8,10-15H,9,16-20H2,1H3,(H,27,30). The van der Waals surface area contributed by atoms with Crippen LogP contribution in [0.25, 0.3) is 0 Å². The Balaban J connectivity index is 1.43. The van der Waals surface area contributed by atoms with Crippen LogP contribution in [-0.2, 0) is 21.2 Å². The van der Waals surface area contributed by atoms with E-state index in [1.165, 1.54) is 30.5 Å². The molecule has 0 radical (unpaired) electrons. The van der Waals surface area contributed by atoms with E-state index in [1.54, 1.807) is 42.5 Å². The molecule has 1 amide bonds. The van der Waals surface area contributed by atoms with Crippen molar-refractivity contribution in [3.05, 3.63) is 84.4 Å². The Morgan fingerprint density at radius 1 is 1.00 bits per heavy atom. The molecule has 0 saturated carbocycles. The summed E-state index contributed by atoms with van der Waals surface area (Å²) in [4.78, 5) is 15.3. The van der Waals surface area contributed by atoms with Crippen molar-refractivity contribution in [3.8, 4) is 5.75 Å². The Bertz CT molecular complexity index is 1230. The fraction of sp³-hybridized carbons (Fsp3) is 0.269. The summed E-state index contributed by atoms with van der Waals surface area (Å²) in [7, 11) is -2.50. The van der Waals surface area contributed by atoms with Gasteiger partial charge in [0.2, 0.25) is 5.91 Å². The van der Waals surface area contributed by atoms with Crippen molar-refractivity contribution in [1.82, 2.24) is 5.32 Å². The molecule has 1 N–H and O–H groups in total. The molecular weight excluding hydrogens is 450 g/mol. The number of amides is 1. The average molecular weight is 480 g/mol. The molecule has 0 atom stereocenters. The van der Waals surface area contributed by atoms with E-state index in [1.807, 2.05) is 6.07 Å². The van der Waals surface area contributed by atoms with Crippen LogP contribution in [0.4, 0.5) is 11.4 Å². The van der Waals surface area contributed by atoms with Gasteiger partial charge in [0.15, 0.2) is 0 Å². The molecule has 8 heteroatoms. The molecule has 0 saturated heterocycles. The SMILES string of the molecule is COc1ccccc1N(CC(=O)NCCCN1CCc2ccccc21)S(=O)(=O)c1ccccc1. The molecule has 0 spiro atoms. The third kappa shape index (κ3) is 5.17. The lowest BCUT2D eigenvalue weighted by Crippen LogP contribution is -2.41. The van der Waals surface area contributed by atoms with Gasteiger partial charge in [-0.3, -0.25) is 9.10 Å². The van der Waals surface area contributed by atoms with E-state index >= 15 is 0 Å². The number of rotatable bonds is 10. The molecule has 1 aliphatic heterocycles. The smallest absolute Gasteiger partial charge is 0.264 e. The highest BCUT2D eigenvalue weighted by Crippen LogP contribution is 2.32. The molecule has 1 aliphatic rings. The first-order chi connectivity index (χ1) is 16.5. The van der Waals surface area contributed by atoms with Crippen molar-refractivity contribution >= 4 is 27.3 Å². The van der Waals surface area contributed by atoms with E-state index in [2.05, 4.69) is 28.4 Å². The van der Waals surface area contributed by atoms with Crippen LogP contribution in [0.15, 0.2) is 83.8 Å². The number of methoxy groups -OCH3 is 1. The zero-order valence-electron chi connectivity index (χ0n) is 19.2. The van der Waals surface area contributed by atoms with Crippen LogP contribution >= 0.6 is 0 Å². The minimum atomic E-state index is -3.97. The van der Waals surface area contributed by atoms with Gasteiger partial charge in [0.05, 0.1) is 17.7 Å². The number of nitrogens with one attached hydrogen (secondary N) is 1. The van der Waals surface area contributed by atoms with E-state index < -0.39 is 10.0 Å². The number of anilines is 2. The molecule has 0 bridgehead atoms. The molecule has 0 unspecified atom stereocenters. The monoisotopic (exact) mass is 479 g/mol. The van der Waals surface area contributed by atoms with Crippen LogP contribution in [0.3, 0.4) is 0 Å². The molecular formula is C26H29N3O4S. The van der Waals surface area contributed by atoms with Crippen molar-refractivity contribution in [2.75, 3.05) is 42.5 Å². The van der Waals surface area contributed by atoms with Gasteiger partial charge in [-0.1, -0.05) is 48.5 Å². The first-order valence-corrected chi connectivity index (χ1v) is 12.7. The van der Waals surface area contributed by atoms with Crippen molar-refractivity contribution < 1.29 is 17.9 Å². The number of nitrogens with zero attached hydrogens (tertiary/aromatic N) is 2. The summed E-state index contributed by atoms with van der Waals surface area (Å²) in [5.74, 6) is 0.00902.